The number of hydrogen-bond donors (Lipinski definition) is 1. The minimum absolute atomic E-state index is 0.0948. The first kappa shape index (κ1) is 26.2. The maximum absolute atomic E-state index is 13.7. The Bertz CT molecular complexity index is 1420. The maximum Gasteiger partial charge on any atom is 0.338 e. The van der Waals surface area contributed by atoms with Crippen LogP contribution in [0.2, 0.25) is 0 Å². The number of nitrogens with one attached hydrogen (secondary N) is 1. The van der Waals surface area contributed by atoms with E-state index < -0.39 is 17.9 Å². The first-order valence-electron chi connectivity index (χ1n) is 11.9. The fourth-order valence-electron chi connectivity index (χ4n) is 4.03. The largest absolute Gasteiger partial charge is 0.463 e. The zero-order valence-corrected chi connectivity index (χ0v) is 22.7. The summed E-state index contributed by atoms with van der Waals surface area (Å²) in [7, 11) is 0. The van der Waals surface area contributed by atoms with Gasteiger partial charge in [-0.05, 0) is 71.8 Å². The average molecular weight is 603 g/mol. The molecular weight excluding hydrogens is 577 g/mol. The summed E-state index contributed by atoms with van der Waals surface area (Å²) in [5.41, 5.74) is 4.15. The predicted octanol–water partition coefficient (Wildman–Crippen LogP) is 5.85. The van der Waals surface area contributed by atoms with E-state index in [4.69, 9.17) is 9.47 Å². The zero-order chi connectivity index (χ0) is 26.2. The molecule has 1 atom stereocenters. The Morgan fingerprint density at radius 3 is 2.24 bits per heavy atom. The fourth-order valence-corrected chi connectivity index (χ4v) is 4.64. The Labute approximate surface area is 230 Å². The van der Waals surface area contributed by atoms with Crippen molar-refractivity contribution < 1.29 is 19.1 Å². The van der Waals surface area contributed by atoms with Crippen molar-refractivity contribution in [3.05, 3.63) is 122 Å². The number of carbonyl (C=O) groups is 2. The molecule has 4 rings (SSSR count). The lowest BCUT2D eigenvalue weighted by molar-refractivity contribution is -0.140. The van der Waals surface area contributed by atoms with Gasteiger partial charge < -0.3 is 14.8 Å². The van der Waals surface area contributed by atoms with Crippen LogP contribution in [0.25, 0.3) is 5.70 Å². The van der Waals surface area contributed by atoms with Gasteiger partial charge in [-0.15, -0.1) is 0 Å². The highest BCUT2D eigenvalue weighted by molar-refractivity contribution is 14.1. The minimum atomic E-state index is -0.848. The quantitative estimate of drug-likeness (QED) is 0.218. The molecule has 0 unspecified atom stereocenters. The molecule has 1 N–H and O–H groups in total. The molecule has 0 aliphatic carbocycles. The molecule has 0 bridgehead atoms. The summed E-state index contributed by atoms with van der Waals surface area (Å²) in [5, 5.41) is 3.28. The molecule has 3 aromatic carbocycles. The number of hydrogen-bond acceptors (Lipinski definition) is 5. The molecule has 5 nitrogen and oxygen atoms in total. The summed E-state index contributed by atoms with van der Waals surface area (Å²) in [4.78, 5) is 26.8. The van der Waals surface area contributed by atoms with E-state index in [9.17, 15) is 9.59 Å². The predicted molar refractivity (Wildman–Crippen MR) is 152 cm³/mol. The van der Waals surface area contributed by atoms with Crippen LogP contribution in [-0.4, -0.2) is 18.5 Å². The van der Waals surface area contributed by atoms with Gasteiger partial charge in [0.1, 0.15) is 6.61 Å². The van der Waals surface area contributed by atoms with Crippen LogP contribution >= 0.6 is 22.6 Å². The van der Waals surface area contributed by atoms with E-state index in [0.717, 1.165) is 20.3 Å². The standard InChI is InChI=1S/C31H26INO4/c1-3-36-30(34)27-21(2)33-29(24-14-8-5-9-15-24)28(26(27)18-17-22-11-6-4-7-12-22)31(35)37-20-23-13-10-16-25(32)19-23/h4-16,19,26,33H,3,20H2,1-2H3/t26-/m0/s1. The van der Waals surface area contributed by atoms with Crippen LogP contribution in [0.3, 0.4) is 0 Å². The molecule has 6 heteroatoms. The van der Waals surface area contributed by atoms with Crippen LogP contribution < -0.4 is 5.32 Å². The molecular formula is C31H26INO4. The van der Waals surface area contributed by atoms with Gasteiger partial charge in [0.2, 0.25) is 0 Å². The number of ether oxygens (including phenoxy) is 2. The molecule has 1 aliphatic heterocycles. The molecule has 0 amide bonds. The van der Waals surface area contributed by atoms with Gasteiger partial charge in [0.15, 0.2) is 0 Å². The van der Waals surface area contributed by atoms with Crippen molar-refractivity contribution >= 4 is 40.2 Å². The number of dihydropyridines is 1. The van der Waals surface area contributed by atoms with Gasteiger partial charge in [0.25, 0.3) is 0 Å². The van der Waals surface area contributed by atoms with Crippen molar-refractivity contribution in [2.75, 3.05) is 6.61 Å². The Hall–Kier alpha value is -3.83. The SMILES string of the molecule is CCOC(=O)C1=C(C)NC(c2ccccc2)=C(C(=O)OCc2cccc(I)c2)[C@H]1C#Cc1ccccc1. The van der Waals surface area contributed by atoms with Gasteiger partial charge >= 0.3 is 11.9 Å². The monoisotopic (exact) mass is 603 g/mol. The van der Waals surface area contributed by atoms with Crippen LogP contribution in [0.1, 0.15) is 30.5 Å². The number of allylic oxidation sites excluding steroid dienone is 1. The zero-order valence-electron chi connectivity index (χ0n) is 20.6. The van der Waals surface area contributed by atoms with Crippen molar-refractivity contribution in [3.63, 3.8) is 0 Å². The Balaban J connectivity index is 1.82. The second kappa shape index (κ2) is 12.4. The minimum Gasteiger partial charge on any atom is -0.463 e. The maximum atomic E-state index is 13.7. The molecule has 0 saturated heterocycles. The third kappa shape index (κ3) is 6.49. The first-order valence-corrected chi connectivity index (χ1v) is 13.0. The topological polar surface area (TPSA) is 64.6 Å². The number of halogens is 1. The Morgan fingerprint density at radius 2 is 1.57 bits per heavy atom. The number of rotatable bonds is 6. The van der Waals surface area contributed by atoms with Gasteiger partial charge in [0.05, 0.1) is 29.4 Å². The molecule has 3 aromatic rings. The lowest BCUT2D eigenvalue weighted by Gasteiger charge is -2.29. The summed E-state index contributed by atoms with van der Waals surface area (Å²) in [6.07, 6.45) is 0. The number of benzene rings is 3. The van der Waals surface area contributed by atoms with Crippen molar-refractivity contribution in [1.29, 1.82) is 0 Å². The lowest BCUT2D eigenvalue weighted by Crippen LogP contribution is -2.33. The Morgan fingerprint density at radius 1 is 0.892 bits per heavy atom. The molecule has 0 fully saturated rings. The molecule has 0 radical (unpaired) electrons. The highest BCUT2D eigenvalue weighted by atomic mass is 127. The first-order chi connectivity index (χ1) is 18.0. The summed E-state index contributed by atoms with van der Waals surface area (Å²) in [5.74, 6) is 4.41. The average Bonchev–Trinajstić information content (AvgIpc) is 2.91. The van der Waals surface area contributed by atoms with Crippen LogP contribution in [0.5, 0.6) is 0 Å². The van der Waals surface area contributed by atoms with E-state index in [1.807, 2.05) is 84.9 Å². The number of carbonyl (C=O) groups excluding carboxylic acids is 2. The van der Waals surface area contributed by atoms with Gasteiger partial charge in [0, 0.05) is 14.8 Å². The van der Waals surface area contributed by atoms with Gasteiger partial charge in [-0.25, -0.2) is 9.59 Å². The van der Waals surface area contributed by atoms with E-state index >= 15 is 0 Å². The highest BCUT2D eigenvalue weighted by Crippen LogP contribution is 2.35. The molecule has 186 valence electrons. The van der Waals surface area contributed by atoms with Crippen molar-refractivity contribution in [3.8, 4) is 11.8 Å². The van der Waals surface area contributed by atoms with E-state index in [-0.39, 0.29) is 18.8 Å². The smallest absolute Gasteiger partial charge is 0.338 e. The Kier molecular flexibility index (Phi) is 8.81. The summed E-state index contributed by atoms with van der Waals surface area (Å²) in [6, 6.07) is 26.7. The van der Waals surface area contributed by atoms with E-state index in [2.05, 4.69) is 39.7 Å². The van der Waals surface area contributed by atoms with Crippen LogP contribution in [-0.2, 0) is 25.7 Å². The van der Waals surface area contributed by atoms with Gasteiger partial charge in [-0.1, -0.05) is 72.5 Å². The summed E-state index contributed by atoms with van der Waals surface area (Å²) in [6.45, 7) is 3.84. The summed E-state index contributed by atoms with van der Waals surface area (Å²) >= 11 is 2.22. The third-order valence-corrected chi connectivity index (χ3v) is 6.41. The lowest BCUT2D eigenvalue weighted by atomic mass is 9.84. The fraction of sp³-hybridized carbons (Fsp3) is 0.161. The second-order valence-corrected chi connectivity index (χ2v) is 9.56. The number of esters is 2. The van der Waals surface area contributed by atoms with Crippen LogP contribution in [0.15, 0.2) is 102 Å². The summed E-state index contributed by atoms with van der Waals surface area (Å²) < 4.78 is 12.2. The van der Waals surface area contributed by atoms with Gasteiger partial charge in [-0.2, -0.15) is 0 Å². The highest BCUT2D eigenvalue weighted by Gasteiger charge is 2.37. The van der Waals surface area contributed by atoms with Crippen LogP contribution in [0, 0.1) is 21.3 Å². The molecule has 0 aromatic heterocycles. The van der Waals surface area contributed by atoms with Crippen molar-refractivity contribution in [2.45, 2.75) is 20.5 Å². The van der Waals surface area contributed by atoms with Gasteiger partial charge in [-0.3, -0.25) is 0 Å². The van der Waals surface area contributed by atoms with Crippen molar-refractivity contribution in [2.24, 2.45) is 5.92 Å². The molecule has 37 heavy (non-hydrogen) atoms. The second-order valence-electron chi connectivity index (χ2n) is 8.31. The third-order valence-electron chi connectivity index (χ3n) is 5.73. The van der Waals surface area contributed by atoms with E-state index in [1.54, 1.807) is 13.8 Å². The molecule has 0 saturated carbocycles. The van der Waals surface area contributed by atoms with Crippen LogP contribution in [0.4, 0.5) is 0 Å². The molecule has 1 heterocycles. The van der Waals surface area contributed by atoms with Crippen molar-refractivity contribution in [1.82, 2.24) is 5.32 Å². The molecule has 0 spiro atoms. The van der Waals surface area contributed by atoms with E-state index in [1.165, 1.54) is 0 Å². The normalized spacial score (nSPS) is 14.8. The van der Waals surface area contributed by atoms with E-state index in [0.29, 0.717) is 17.0 Å². The molecule has 1 aliphatic rings.